The smallest absolute Gasteiger partial charge is 0.0921 e. The average molecular weight is 285 g/mol. The number of benzene rings is 1. The number of nitrogens with zero attached hydrogens (tertiary/aromatic N) is 3. The largest absolute Gasteiger partial charge is 0.348 e. The van der Waals surface area contributed by atoms with Gasteiger partial charge in [-0.1, -0.05) is 23.7 Å². The van der Waals surface area contributed by atoms with Crippen LogP contribution in [0.1, 0.15) is 22.9 Å². The highest BCUT2D eigenvalue weighted by atomic mass is 35.5. The fourth-order valence-corrected chi connectivity index (χ4v) is 2.44. The number of nitrogens with one attached hydrogen (secondary N) is 1. The van der Waals surface area contributed by atoms with Crippen LogP contribution in [0.5, 0.6) is 0 Å². The molecular weight excluding hydrogens is 272 g/mol. The summed E-state index contributed by atoms with van der Waals surface area (Å²) in [7, 11) is 0. The van der Waals surface area contributed by atoms with Crippen molar-refractivity contribution in [1.29, 1.82) is 0 Å². The fraction of sp³-hybridized carbons (Fsp3) is 0.133. The second-order valence-electron chi connectivity index (χ2n) is 4.53. The number of H-pyrrole nitrogens is 1. The fourth-order valence-electron chi connectivity index (χ4n) is 2.24. The summed E-state index contributed by atoms with van der Waals surface area (Å²) in [4.78, 5) is 7.28. The van der Waals surface area contributed by atoms with Gasteiger partial charge in [-0.3, -0.25) is 0 Å². The lowest BCUT2D eigenvalue weighted by atomic mass is 9.91. The minimum absolute atomic E-state index is 0.132. The van der Waals surface area contributed by atoms with Gasteiger partial charge < -0.3 is 4.98 Å². The molecular formula is C15H13ClN4. The summed E-state index contributed by atoms with van der Waals surface area (Å²) in [5.41, 5.74) is 3.11. The molecule has 1 unspecified atom stereocenters. The molecule has 0 radical (unpaired) electrons. The van der Waals surface area contributed by atoms with Crippen LogP contribution in [0, 0.1) is 0 Å². The van der Waals surface area contributed by atoms with Crippen molar-refractivity contribution in [2.75, 3.05) is 0 Å². The van der Waals surface area contributed by atoms with Crippen LogP contribution in [0.3, 0.4) is 0 Å². The molecule has 0 aliphatic rings. The van der Waals surface area contributed by atoms with E-state index in [0.29, 0.717) is 0 Å². The molecule has 4 nitrogen and oxygen atoms in total. The summed E-state index contributed by atoms with van der Waals surface area (Å²) in [6, 6.07) is 11.7. The topological polar surface area (TPSA) is 54.5 Å². The molecule has 0 fully saturated rings. The van der Waals surface area contributed by atoms with Crippen LogP contribution in [0.25, 0.3) is 0 Å². The van der Waals surface area contributed by atoms with E-state index in [1.807, 2.05) is 36.5 Å². The molecule has 100 valence electrons. The summed E-state index contributed by atoms with van der Waals surface area (Å²) in [5.74, 6) is 0.132. The van der Waals surface area contributed by atoms with E-state index >= 15 is 0 Å². The van der Waals surface area contributed by atoms with E-state index < -0.39 is 0 Å². The Morgan fingerprint density at radius 3 is 2.85 bits per heavy atom. The summed E-state index contributed by atoms with van der Waals surface area (Å²) in [5, 5.41) is 8.82. The van der Waals surface area contributed by atoms with Gasteiger partial charge in [-0.2, -0.15) is 10.2 Å². The molecule has 1 aromatic carbocycles. The molecule has 2 heterocycles. The number of hydrogen-bond donors (Lipinski definition) is 1. The zero-order chi connectivity index (χ0) is 13.8. The van der Waals surface area contributed by atoms with Crippen LogP contribution in [0.2, 0.25) is 5.02 Å². The van der Waals surface area contributed by atoms with Crippen LogP contribution in [0.15, 0.2) is 55.1 Å². The van der Waals surface area contributed by atoms with Crippen molar-refractivity contribution in [2.45, 2.75) is 12.3 Å². The van der Waals surface area contributed by atoms with E-state index in [9.17, 15) is 0 Å². The third-order valence-corrected chi connectivity index (χ3v) is 3.42. The maximum atomic E-state index is 6.10. The maximum absolute atomic E-state index is 6.10. The van der Waals surface area contributed by atoms with Crippen molar-refractivity contribution in [3.05, 3.63) is 77.1 Å². The van der Waals surface area contributed by atoms with Gasteiger partial charge >= 0.3 is 0 Å². The van der Waals surface area contributed by atoms with Crippen molar-refractivity contribution in [3.63, 3.8) is 0 Å². The molecule has 5 heteroatoms. The molecule has 0 saturated heterocycles. The maximum Gasteiger partial charge on any atom is 0.0921 e. The van der Waals surface area contributed by atoms with Gasteiger partial charge in [0.15, 0.2) is 0 Å². The summed E-state index contributed by atoms with van der Waals surface area (Å²) < 4.78 is 0. The predicted molar refractivity (Wildman–Crippen MR) is 77.6 cm³/mol. The molecule has 0 saturated carbocycles. The van der Waals surface area contributed by atoms with E-state index in [-0.39, 0.29) is 5.92 Å². The van der Waals surface area contributed by atoms with Gasteiger partial charge in [0.25, 0.3) is 0 Å². The van der Waals surface area contributed by atoms with E-state index in [2.05, 4.69) is 26.2 Å². The van der Waals surface area contributed by atoms with Crippen LogP contribution >= 0.6 is 11.6 Å². The van der Waals surface area contributed by atoms with Gasteiger partial charge in [-0.25, -0.2) is 4.98 Å². The van der Waals surface area contributed by atoms with Crippen LogP contribution in [-0.2, 0) is 6.42 Å². The second-order valence-corrected chi connectivity index (χ2v) is 4.97. The first-order valence-corrected chi connectivity index (χ1v) is 6.71. The van der Waals surface area contributed by atoms with Crippen molar-refractivity contribution >= 4 is 11.6 Å². The van der Waals surface area contributed by atoms with E-state index in [4.69, 9.17) is 11.6 Å². The summed E-state index contributed by atoms with van der Waals surface area (Å²) >= 11 is 6.10. The Morgan fingerprint density at radius 2 is 2.15 bits per heavy atom. The highest BCUT2D eigenvalue weighted by molar-refractivity contribution is 6.30. The van der Waals surface area contributed by atoms with Gasteiger partial charge in [0, 0.05) is 35.4 Å². The first-order valence-electron chi connectivity index (χ1n) is 6.33. The molecule has 3 rings (SSSR count). The van der Waals surface area contributed by atoms with Crippen LogP contribution < -0.4 is 0 Å². The first-order chi connectivity index (χ1) is 9.83. The molecule has 3 aromatic rings. The number of rotatable bonds is 4. The van der Waals surface area contributed by atoms with Crippen molar-refractivity contribution in [3.8, 4) is 0 Å². The van der Waals surface area contributed by atoms with E-state index in [0.717, 1.165) is 28.4 Å². The molecule has 2 aromatic heterocycles. The summed E-state index contributed by atoms with van der Waals surface area (Å²) in [6.07, 6.45) is 5.94. The Kier molecular flexibility index (Phi) is 3.74. The Bertz CT molecular complexity index is 667. The second kappa shape index (κ2) is 5.84. The Hall–Kier alpha value is -2.20. The van der Waals surface area contributed by atoms with E-state index in [1.165, 1.54) is 0 Å². The monoisotopic (exact) mass is 284 g/mol. The predicted octanol–water partition coefficient (Wildman–Crippen LogP) is 3.23. The zero-order valence-electron chi connectivity index (χ0n) is 10.7. The Balaban J connectivity index is 1.97. The molecule has 1 atom stereocenters. The molecule has 0 aliphatic heterocycles. The van der Waals surface area contributed by atoms with Gasteiger partial charge in [-0.05, 0) is 29.8 Å². The number of aromatic amines is 1. The van der Waals surface area contributed by atoms with Gasteiger partial charge in [0.1, 0.15) is 0 Å². The lowest BCUT2D eigenvalue weighted by Crippen LogP contribution is -2.07. The third-order valence-electron chi connectivity index (χ3n) is 3.19. The van der Waals surface area contributed by atoms with Gasteiger partial charge in [-0.15, -0.1) is 0 Å². The molecule has 0 bridgehead atoms. The van der Waals surface area contributed by atoms with E-state index in [1.54, 1.807) is 12.5 Å². The molecule has 0 spiro atoms. The van der Waals surface area contributed by atoms with Crippen LogP contribution in [-0.4, -0.2) is 20.2 Å². The third kappa shape index (κ3) is 2.86. The quantitative estimate of drug-likeness (QED) is 0.800. The standard InChI is InChI=1S/C15H13ClN4/c16-12-4-1-3-11(7-12)14(15-9-17-10-18-15)8-13-5-2-6-19-20-13/h1-7,9-10,14H,8H2,(H,17,18). The van der Waals surface area contributed by atoms with Crippen molar-refractivity contribution in [2.24, 2.45) is 0 Å². The SMILES string of the molecule is Clc1cccc(C(Cc2cccnn2)c2cnc[nH]2)c1. The number of hydrogen-bond acceptors (Lipinski definition) is 3. The number of halogens is 1. The molecule has 0 amide bonds. The first kappa shape index (κ1) is 12.8. The molecule has 20 heavy (non-hydrogen) atoms. The summed E-state index contributed by atoms with van der Waals surface area (Å²) in [6.45, 7) is 0. The zero-order valence-corrected chi connectivity index (χ0v) is 11.5. The lowest BCUT2D eigenvalue weighted by Gasteiger charge is -2.15. The minimum atomic E-state index is 0.132. The normalized spacial score (nSPS) is 12.2. The van der Waals surface area contributed by atoms with Crippen molar-refractivity contribution < 1.29 is 0 Å². The molecule has 1 N–H and O–H groups in total. The lowest BCUT2D eigenvalue weighted by molar-refractivity contribution is 0.744. The number of imidazole rings is 1. The highest BCUT2D eigenvalue weighted by Gasteiger charge is 2.17. The molecule has 0 aliphatic carbocycles. The highest BCUT2D eigenvalue weighted by Crippen LogP contribution is 2.28. The Morgan fingerprint density at radius 1 is 1.20 bits per heavy atom. The minimum Gasteiger partial charge on any atom is -0.348 e. The van der Waals surface area contributed by atoms with Crippen LogP contribution in [0.4, 0.5) is 0 Å². The van der Waals surface area contributed by atoms with Crippen molar-refractivity contribution in [1.82, 2.24) is 20.2 Å². The average Bonchev–Trinajstić information content (AvgIpc) is 3.00. The van der Waals surface area contributed by atoms with Gasteiger partial charge in [0.2, 0.25) is 0 Å². The Labute approximate surface area is 121 Å². The van der Waals surface area contributed by atoms with Gasteiger partial charge in [0.05, 0.1) is 12.0 Å². The number of aromatic nitrogens is 4.